The highest BCUT2D eigenvalue weighted by molar-refractivity contribution is 8.00. The van der Waals surface area contributed by atoms with E-state index in [0.717, 1.165) is 11.4 Å². The fraction of sp³-hybridized carbons (Fsp3) is 0.182. The summed E-state index contributed by atoms with van der Waals surface area (Å²) in [6.07, 6.45) is 1.50. The van der Waals surface area contributed by atoms with Gasteiger partial charge in [0.15, 0.2) is 10.8 Å². The summed E-state index contributed by atoms with van der Waals surface area (Å²) in [5, 5.41) is 7.48. The first-order valence-corrected chi connectivity index (χ1v) is 10.6. The van der Waals surface area contributed by atoms with Crippen LogP contribution in [0.25, 0.3) is 16.7 Å². The lowest BCUT2D eigenvalue weighted by Crippen LogP contribution is -2.23. The van der Waals surface area contributed by atoms with Crippen molar-refractivity contribution in [3.63, 3.8) is 0 Å². The maximum Gasteiger partial charge on any atom is 0.262 e. The molecule has 2 heterocycles. The molecule has 8 nitrogen and oxygen atoms in total. The summed E-state index contributed by atoms with van der Waals surface area (Å²) in [6.45, 7) is 1.77. The number of amides is 1. The van der Waals surface area contributed by atoms with Gasteiger partial charge in [0.05, 0.1) is 17.1 Å². The number of para-hydroxylation sites is 1. The monoisotopic (exact) mass is 434 g/mol. The molecule has 0 aliphatic rings. The topological polar surface area (TPSA) is 95.9 Å². The van der Waals surface area contributed by atoms with E-state index < -0.39 is 5.25 Å². The number of thioether (sulfide) groups is 1. The van der Waals surface area contributed by atoms with Gasteiger partial charge in [-0.2, -0.15) is 5.10 Å². The van der Waals surface area contributed by atoms with Crippen LogP contribution in [0.4, 0.5) is 11.4 Å². The summed E-state index contributed by atoms with van der Waals surface area (Å²) in [5.74, 6) is -0.179. The molecule has 2 aromatic carbocycles. The van der Waals surface area contributed by atoms with Crippen LogP contribution in [0.1, 0.15) is 6.92 Å². The molecule has 4 aromatic rings. The Labute approximate surface area is 183 Å². The molecule has 0 fully saturated rings. The van der Waals surface area contributed by atoms with Crippen LogP contribution in [0, 0.1) is 0 Å². The van der Waals surface area contributed by atoms with Crippen molar-refractivity contribution in [3.05, 3.63) is 71.1 Å². The molecule has 2 aromatic heterocycles. The number of anilines is 2. The van der Waals surface area contributed by atoms with E-state index in [1.165, 1.54) is 18.0 Å². The zero-order valence-corrected chi connectivity index (χ0v) is 18.2. The van der Waals surface area contributed by atoms with E-state index in [2.05, 4.69) is 20.4 Å². The Balaban J connectivity index is 1.53. The number of carbonyl (C=O) groups is 1. The van der Waals surface area contributed by atoms with E-state index in [0.29, 0.717) is 21.9 Å². The number of fused-ring (bicyclic) bond motifs is 1. The van der Waals surface area contributed by atoms with Crippen molar-refractivity contribution in [3.8, 4) is 5.69 Å². The van der Waals surface area contributed by atoms with E-state index in [-0.39, 0.29) is 11.5 Å². The SMILES string of the molecule is CC(Sc1nc2c(cnn2-c2ccccc2)c(=O)[nH]1)C(=O)Nc1ccc(N(C)C)cc1. The third-order valence-corrected chi connectivity index (χ3v) is 5.71. The van der Waals surface area contributed by atoms with Crippen LogP contribution in [-0.2, 0) is 4.79 Å². The molecule has 0 aliphatic heterocycles. The third kappa shape index (κ3) is 4.46. The average molecular weight is 435 g/mol. The molecular formula is C22H22N6O2S. The molecule has 0 spiro atoms. The Kier molecular flexibility index (Phi) is 5.77. The number of benzene rings is 2. The third-order valence-electron chi connectivity index (χ3n) is 4.73. The summed E-state index contributed by atoms with van der Waals surface area (Å²) < 4.78 is 1.62. The highest BCUT2D eigenvalue weighted by Crippen LogP contribution is 2.23. The molecule has 158 valence electrons. The van der Waals surface area contributed by atoms with Crippen LogP contribution in [0.15, 0.2) is 70.7 Å². The average Bonchev–Trinajstić information content (AvgIpc) is 3.19. The molecule has 2 N–H and O–H groups in total. The number of aromatic amines is 1. The lowest BCUT2D eigenvalue weighted by atomic mass is 10.2. The van der Waals surface area contributed by atoms with Gasteiger partial charge in [-0.05, 0) is 43.3 Å². The van der Waals surface area contributed by atoms with Gasteiger partial charge in [-0.1, -0.05) is 30.0 Å². The summed E-state index contributed by atoms with van der Waals surface area (Å²) >= 11 is 1.19. The smallest absolute Gasteiger partial charge is 0.262 e. The molecular weight excluding hydrogens is 412 g/mol. The van der Waals surface area contributed by atoms with Crippen molar-refractivity contribution in [2.45, 2.75) is 17.3 Å². The number of nitrogens with one attached hydrogen (secondary N) is 2. The Morgan fingerprint density at radius 1 is 1.13 bits per heavy atom. The van der Waals surface area contributed by atoms with E-state index in [9.17, 15) is 9.59 Å². The van der Waals surface area contributed by atoms with Crippen LogP contribution >= 0.6 is 11.8 Å². The van der Waals surface area contributed by atoms with Gasteiger partial charge < -0.3 is 15.2 Å². The molecule has 1 amide bonds. The Hall–Kier alpha value is -3.59. The quantitative estimate of drug-likeness (QED) is 0.357. The summed E-state index contributed by atoms with van der Waals surface area (Å²) in [7, 11) is 3.92. The number of aromatic nitrogens is 4. The first-order valence-electron chi connectivity index (χ1n) is 9.71. The number of hydrogen-bond donors (Lipinski definition) is 2. The highest BCUT2D eigenvalue weighted by Gasteiger charge is 2.18. The predicted octanol–water partition coefficient (Wildman–Crippen LogP) is 3.29. The van der Waals surface area contributed by atoms with Crippen molar-refractivity contribution in [1.29, 1.82) is 0 Å². The van der Waals surface area contributed by atoms with Crippen molar-refractivity contribution in [2.75, 3.05) is 24.3 Å². The second kappa shape index (κ2) is 8.65. The second-order valence-corrected chi connectivity index (χ2v) is 8.52. The standard InChI is InChI=1S/C22H22N6O2S/c1-14(20(29)24-15-9-11-16(12-10-15)27(2)3)31-22-25-19-18(21(30)26-22)13-23-28(19)17-7-5-4-6-8-17/h4-14H,1-3H3,(H,24,29)(H,25,26,30). The van der Waals surface area contributed by atoms with Crippen LogP contribution < -0.4 is 15.8 Å². The minimum atomic E-state index is -0.470. The first-order chi connectivity index (χ1) is 14.9. The minimum Gasteiger partial charge on any atom is -0.378 e. The first kappa shape index (κ1) is 20.7. The van der Waals surface area contributed by atoms with Crippen molar-refractivity contribution >= 4 is 40.1 Å². The van der Waals surface area contributed by atoms with Crippen molar-refractivity contribution in [2.24, 2.45) is 0 Å². The maximum atomic E-state index is 12.6. The van der Waals surface area contributed by atoms with Crippen molar-refractivity contribution < 1.29 is 4.79 Å². The molecule has 9 heteroatoms. The van der Waals surface area contributed by atoms with Gasteiger partial charge in [-0.25, -0.2) is 9.67 Å². The fourth-order valence-corrected chi connectivity index (χ4v) is 3.81. The number of rotatable bonds is 6. The molecule has 4 rings (SSSR count). The Bertz CT molecular complexity index is 1260. The van der Waals surface area contributed by atoms with Gasteiger partial charge >= 0.3 is 0 Å². The Morgan fingerprint density at radius 3 is 2.52 bits per heavy atom. The second-order valence-electron chi connectivity index (χ2n) is 7.19. The molecule has 31 heavy (non-hydrogen) atoms. The Morgan fingerprint density at radius 2 is 1.84 bits per heavy atom. The van der Waals surface area contributed by atoms with E-state index >= 15 is 0 Å². The number of carbonyl (C=O) groups excluding carboxylic acids is 1. The lowest BCUT2D eigenvalue weighted by Gasteiger charge is -2.14. The van der Waals surface area contributed by atoms with Gasteiger partial charge in [0, 0.05) is 25.5 Å². The molecule has 0 aliphatic carbocycles. The van der Waals surface area contributed by atoms with E-state index in [4.69, 9.17) is 0 Å². The summed E-state index contributed by atoms with van der Waals surface area (Å²) in [5.41, 5.74) is 2.72. The van der Waals surface area contributed by atoms with Gasteiger partial charge in [-0.15, -0.1) is 0 Å². The summed E-state index contributed by atoms with van der Waals surface area (Å²) in [4.78, 5) is 34.4. The minimum absolute atomic E-state index is 0.179. The molecule has 0 bridgehead atoms. The number of nitrogens with zero attached hydrogens (tertiary/aromatic N) is 4. The van der Waals surface area contributed by atoms with Gasteiger partial charge in [0.25, 0.3) is 5.56 Å². The van der Waals surface area contributed by atoms with E-state index in [1.54, 1.807) is 11.6 Å². The largest absolute Gasteiger partial charge is 0.378 e. The van der Waals surface area contributed by atoms with Crippen LogP contribution in [0.3, 0.4) is 0 Å². The summed E-state index contributed by atoms with van der Waals surface area (Å²) in [6, 6.07) is 17.1. The maximum absolute atomic E-state index is 12.6. The molecule has 0 radical (unpaired) electrons. The van der Waals surface area contributed by atoms with Crippen LogP contribution in [0.5, 0.6) is 0 Å². The number of H-pyrrole nitrogens is 1. The molecule has 1 unspecified atom stereocenters. The predicted molar refractivity (Wildman–Crippen MR) is 124 cm³/mol. The fourth-order valence-electron chi connectivity index (χ4n) is 3.02. The van der Waals surface area contributed by atoms with Gasteiger partial charge in [-0.3, -0.25) is 9.59 Å². The van der Waals surface area contributed by atoms with E-state index in [1.807, 2.05) is 73.6 Å². The molecule has 1 atom stereocenters. The van der Waals surface area contributed by atoms with Gasteiger partial charge in [0.1, 0.15) is 5.39 Å². The highest BCUT2D eigenvalue weighted by atomic mass is 32.2. The molecule has 0 saturated heterocycles. The van der Waals surface area contributed by atoms with Crippen LogP contribution in [0.2, 0.25) is 0 Å². The number of hydrogen-bond acceptors (Lipinski definition) is 6. The molecule has 0 saturated carbocycles. The zero-order valence-electron chi connectivity index (χ0n) is 17.4. The van der Waals surface area contributed by atoms with Crippen molar-refractivity contribution in [1.82, 2.24) is 19.7 Å². The van der Waals surface area contributed by atoms with Crippen LogP contribution in [-0.4, -0.2) is 45.0 Å². The lowest BCUT2D eigenvalue weighted by molar-refractivity contribution is -0.115. The normalized spacial score (nSPS) is 12.0. The zero-order chi connectivity index (χ0) is 22.0. The van der Waals surface area contributed by atoms with Gasteiger partial charge in [0.2, 0.25) is 5.91 Å².